The summed E-state index contributed by atoms with van der Waals surface area (Å²) in [6.07, 6.45) is -2.11. The van der Waals surface area contributed by atoms with Crippen LogP contribution in [0.4, 0.5) is 22.0 Å². The van der Waals surface area contributed by atoms with Crippen molar-refractivity contribution in [2.45, 2.75) is 102 Å². The van der Waals surface area contributed by atoms with Gasteiger partial charge in [0.15, 0.2) is 0 Å². The molecule has 0 unspecified atom stereocenters. The standard InChI is InChI=1S/C29H43F5N4O3S2/c1-19(35-24(39)11-14-29(32,33)34)21-7-8-23-22(17-21)36-26(38(23)18-41-15-16-42(5)6)25(37-43(40)27(2,3)4)20-9-12-28(30,31)13-10-20/h7-8,17,19-20,25,37H,9-16,18H2,1-6H3/p+1/t19-,25+,43-/m1/s1. The van der Waals surface area contributed by atoms with E-state index in [-0.39, 0.29) is 49.2 Å². The number of carbonyl (C=O) groups excluding carboxylic acids is 1. The fourth-order valence-corrected chi connectivity index (χ4v) is 6.22. The van der Waals surface area contributed by atoms with E-state index in [2.05, 4.69) is 22.6 Å². The maximum atomic E-state index is 14.1. The maximum absolute atomic E-state index is 14.1. The molecule has 2 aromatic rings. The third-order valence-corrected chi connectivity index (χ3v) is 10.0. The monoisotopic (exact) mass is 655 g/mol. The van der Waals surface area contributed by atoms with Crippen molar-refractivity contribution in [2.75, 3.05) is 24.9 Å². The minimum Gasteiger partial charge on any atom is -0.356 e. The van der Waals surface area contributed by atoms with E-state index in [1.54, 1.807) is 25.1 Å². The molecular weight excluding hydrogens is 611 g/mol. The number of amides is 1. The van der Waals surface area contributed by atoms with Crippen LogP contribution in [0.15, 0.2) is 18.2 Å². The summed E-state index contributed by atoms with van der Waals surface area (Å²) in [6.45, 7) is 7.83. The predicted octanol–water partition coefficient (Wildman–Crippen LogP) is 6.33. The van der Waals surface area contributed by atoms with Gasteiger partial charge in [-0.1, -0.05) is 6.07 Å². The zero-order valence-electron chi connectivity index (χ0n) is 25.7. The van der Waals surface area contributed by atoms with Crippen LogP contribution in [0.5, 0.6) is 0 Å². The zero-order valence-corrected chi connectivity index (χ0v) is 27.3. The normalized spacial score (nSPS) is 18.6. The third-order valence-electron chi connectivity index (χ3n) is 7.47. The molecule has 1 amide bonds. The first-order chi connectivity index (χ1) is 19.9. The van der Waals surface area contributed by atoms with Crippen molar-refractivity contribution >= 4 is 38.8 Å². The lowest BCUT2D eigenvalue weighted by molar-refractivity contribution is -0.144. The van der Waals surface area contributed by atoms with Gasteiger partial charge in [0, 0.05) is 19.3 Å². The molecule has 0 saturated heterocycles. The summed E-state index contributed by atoms with van der Waals surface area (Å²) in [4.78, 5) is 17.0. The number of carbonyl (C=O) groups is 1. The molecule has 14 heteroatoms. The maximum Gasteiger partial charge on any atom is 0.389 e. The van der Waals surface area contributed by atoms with Gasteiger partial charge in [0.05, 0.1) is 64.4 Å². The molecular formula is C29H44F5N4O3S2+. The number of imidazole rings is 1. The number of hydrogen-bond donors (Lipinski definition) is 2. The van der Waals surface area contributed by atoms with Crippen LogP contribution in [0.25, 0.3) is 11.0 Å². The molecule has 1 saturated carbocycles. The number of nitrogens with zero attached hydrogens (tertiary/aromatic N) is 2. The second-order valence-corrected chi connectivity index (χ2v) is 16.8. The van der Waals surface area contributed by atoms with Gasteiger partial charge in [-0.15, -0.1) is 0 Å². The van der Waals surface area contributed by atoms with Crippen molar-refractivity contribution in [3.63, 3.8) is 0 Å². The Morgan fingerprint density at radius 3 is 2.44 bits per heavy atom. The number of fused-ring (bicyclic) bond motifs is 1. The molecule has 0 radical (unpaired) electrons. The van der Waals surface area contributed by atoms with E-state index in [4.69, 9.17) is 9.72 Å². The Morgan fingerprint density at radius 1 is 1.21 bits per heavy atom. The summed E-state index contributed by atoms with van der Waals surface area (Å²) in [6, 6.07) is 4.16. The summed E-state index contributed by atoms with van der Waals surface area (Å²) in [5.74, 6) is -2.30. The Kier molecular flexibility index (Phi) is 12.1. The molecule has 1 aliphatic carbocycles. The number of aromatic nitrogens is 2. The van der Waals surface area contributed by atoms with Crippen molar-refractivity contribution < 1.29 is 35.7 Å². The molecule has 43 heavy (non-hydrogen) atoms. The first kappa shape index (κ1) is 35.7. The lowest BCUT2D eigenvalue weighted by atomic mass is 9.82. The van der Waals surface area contributed by atoms with Crippen LogP contribution in [0.3, 0.4) is 0 Å². The molecule has 1 aliphatic rings. The zero-order chi connectivity index (χ0) is 32.2. The van der Waals surface area contributed by atoms with Gasteiger partial charge in [-0.3, -0.25) is 4.79 Å². The number of alkyl halides is 5. The van der Waals surface area contributed by atoms with Gasteiger partial charge in [0.2, 0.25) is 11.8 Å². The Labute approximate surface area is 256 Å². The van der Waals surface area contributed by atoms with Crippen molar-refractivity contribution in [3.05, 3.63) is 29.6 Å². The molecule has 2 N–H and O–H groups in total. The molecule has 3 rings (SSSR count). The van der Waals surface area contributed by atoms with E-state index in [1.165, 1.54) is 0 Å². The van der Waals surface area contributed by atoms with Crippen LogP contribution in [-0.2, 0) is 38.1 Å². The highest BCUT2D eigenvalue weighted by molar-refractivity contribution is 7.95. The Balaban J connectivity index is 1.99. The van der Waals surface area contributed by atoms with E-state index in [0.717, 1.165) is 5.75 Å². The van der Waals surface area contributed by atoms with Crippen LogP contribution >= 0.6 is 0 Å². The molecule has 0 aliphatic heterocycles. The number of hydrogen-bond acceptors (Lipinski definition) is 4. The largest absolute Gasteiger partial charge is 0.389 e. The van der Waals surface area contributed by atoms with E-state index >= 15 is 0 Å². The van der Waals surface area contributed by atoms with Gasteiger partial charge >= 0.3 is 6.18 Å². The van der Waals surface area contributed by atoms with Crippen molar-refractivity contribution in [1.29, 1.82) is 0 Å². The first-order valence-corrected chi connectivity index (χ1v) is 17.8. The van der Waals surface area contributed by atoms with Crippen LogP contribution < -0.4 is 10.0 Å². The SMILES string of the molecule is C[C@@H](NC(=O)CCC(F)(F)F)c1ccc2c(c1)nc([C@@H](N[S@](=O)C(C)(C)C)C1CCC(F)(F)CC1)n2COCC[S+](C)C. The molecule has 1 aromatic heterocycles. The van der Waals surface area contributed by atoms with E-state index in [9.17, 15) is 31.0 Å². The van der Waals surface area contributed by atoms with Gasteiger partial charge in [0.25, 0.3) is 0 Å². The molecule has 0 bridgehead atoms. The Bertz CT molecular complexity index is 1250. The van der Waals surface area contributed by atoms with Gasteiger partial charge < -0.3 is 14.6 Å². The average molecular weight is 656 g/mol. The van der Waals surface area contributed by atoms with Gasteiger partial charge in [0.1, 0.15) is 18.3 Å². The van der Waals surface area contributed by atoms with Crippen molar-refractivity contribution in [2.24, 2.45) is 5.92 Å². The highest BCUT2D eigenvalue weighted by Gasteiger charge is 2.41. The smallest absolute Gasteiger partial charge is 0.356 e. The number of benzene rings is 1. The van der Waals surface area contributed by atoms with Gasteiger partial charge in [-0.25, -0.2) is 22.7 Å². The van der Waals surface area contributed by atoms with Crippen molar-refractivity contribution in [3.8, 4) is 0 Å². The minimum atomic E-state index is -4.42. The van der Waals surface area contributed by atoms with E-state index in [1.807, 2.05) is 25.3 Å². The average Bonchev–Trinajstić information content (AvgIpc) is 3.25. The summed E-state index contributed by atoms with van der Waals surface area (Å²) in [7, 11) is -1.34. The van der Waals surface area contributed by atoms with Crippen LogP contribution in [0.1, 0.15) is 89.7 Å². The van der Waals surface area contributed by atoms with E-state index < -0.39 is 58.7 Å². The topological polar surface area (TPSA) is 85.3 Å². The predicted molar refractivity (Wildman–Crippen MR) is 162 cm³/mol. The van der Waals surface area contributed by atoms with Crippen LogP contribution in [-0.4, -0.2) is 61.4 Å². The molecule has 1 fully saturated rings. The molecule has 244 valence electrons. The molecule has 1 heterocycles. The van der Waals surface area contributed by atoms with Gasteiger partial charge in [-0.2, -0.15) is 13.2 Å². The summed E-state index contributed by atoms with van der Waals surface area (Å²) in [5.41, 5.74) is 1.90. The van der Waals surface area contributed by atoms with E-state index in [0.29, 0.717) is 29.0 Å². The summed E-state index contributed by atoms with van der Waals surface area (Å²) < 4.78 is 89.7. The van der Waals surface area contributed by atoms with Crippen LogP contribution in [0, 0.1) is 5.92 Å². The Hall–Kier alpha value is -1.77. The second-order valence-electron chi connectivity index (χ2n) is 12.4. The number of nitrogens with one attached hydrogen (secondary N) is 2. The molecule has 0 spiro atoms. The quantitative estimate of drug-likeness (QED) is 0.150. The molecule has 7 nitrogen and oxygen atoms in total. The third kappa shape index (κ3) is 10.7. The van der Waals surface area contributed by atoms with Crippen molar-refractivity contribution in [1.82, 2.24) is 19.6 Å². The fourth-order valence-electron chi connectivity index (χ4n) is 4.89. The van der Waals surface area contributed by atoms with Gasteiger partial charge in [-0.05, 0) is 75.0 Å². The first-order valence-electron chi connectivity index (χ1n) is 14.4. The highest BCUT2D eigenvalue weighted by Crippen LogP contribution is 2.42. The molecule has 3 atom stereocenters. The minimum absolute atomic E-state index is 0.148. The number of rotatable bonds is 13. The molecule has 1 aromatic carbocycles. The summed E-state index contributed by atoms with van der Waals surface area (Å²) >= 11 is 0. The summed E-state index contributed by atoms with van der Waals surface area (Å²) in [5, 5.41) is 2.61. The lowest BCUT2D eigenvalue weighted by Gasteiger charge is -2.35. The number of ether oxygens (including phenoxy) is 1. The lowest BCUT2D eigenvalue weighted by Crippen LogP contribution is -2.41. The Morgan fingerprint density at radius 2 is 1.86 bits per heavy atom. The second kappa shape index (κ2) is 14.6. The highest BCUT2D eigenvalue weighted by atomic mass is 32.2. The van der Waals surface area contributed by atoms with Crippen LogP contribution in [0.2, 0.25) is 0 Å². The fraction of sp³-hybridized carbons (Fsp3) is 0.724. The number of halogens is 5.